The van der Waals surface area contributed by atoms with Crippen LogP contribution in [0.25, 0.3) is 0 Å². The summed E-state index contributed by atoms with van der Waals surface area (Å²) in [6.07, 6.45) is 11.9. The Bertz CT molecular complexity index is 408. The van der Waals surface area contributed by atoms with E-state index in [0.29, 0.717) is 6.04 Å². The van der Waals surface area contributed by atoms with Crippen LogP contribution in [0.3, 0.4) is 0 Å². The molecule has 2 nitrogen and oxygen atoms in total. The van der Waals surface area contributed by atoms with Crippen LogP contribution in [-0.2, 0) is 6.42 Å². The van der Waals surface area contributed by atoms with Gasteiger partial charge in [0.15, 0.2) is 0 Å². The summed E-state index contributed by atoms with van der Waals surface area (Å²) in [5.41, 5.74) is 1.37. The lowest BCUT2D eigenvalue weighted by Gasteiger charge is -2.37. The lowest BCUT2D eigenvalue weighted by Crippen LogP contribution is -2.41. The molecule has 1 N–H and O–H groups in total. The van der Waals surface area contributed by atoms with Crippen molar-refractivity contribution >= 4 is 15.9 Å². The first kappa shape index (κ1) is 16.0. The van der Waals surface area contributed by atoms with Gasteiger partial charge in [0.2, 0.25) is 0 Å². The van der Waals surface area contributed by atoms with Crippen molar-refractivity contribution in [2.24, 2.45) is 11.8 Å². The fourth-order valence-electron chi connectivity index (χ4n) is 3.66. The van der Waals surface area contributed by atoms with Gasteiger partial charge in [-0.2, -0.15) is 0 Å². The van der Waals surface area contributed by atoms with Gasteiger partial charge in [-0.15, -0.1) is 0 Å². The molecule has 1 saturated carbocycles. The second-order valence-electron chi connectivity index (χ2n) is 6.11. The van der Waals surface area contributed by atoms with Gasteiger partial charge in [0.1, 0.15) is 0 Å². The molecule has 3 unspecified atom stereocenters. The van der Waals surface area contributed by atoms with Crippen molar-refractivity contribution in [3.8, 4) is 0 Å². The Morgan fingerprint density at radius 1 is 1.30 bits per heavy atom. The Morgan fingerprint density at radius 2 is 2.15 bits per heavy atom. The van der Waals surface area contributed by atoms with Gasteiger partial charge in [0.05, 0.1) is 0 Å². The maximum absolute atomic E-state index is 4.31. The second-order valence-corrected chi connectivity index (χ2v) is 7.02. The smallest absolute Gasteiger partial charge is 0.0410 e. The van der Waals surface area contributed by atoms with E-state index >= 15 is 0 Å². The van der Waals surface area contributed by atoms with Gasteiger partial charge in [-0.25, -0.2) is 0 Å². The van der Waals surface area contributed by atoms with Crippen LogP contribution in [0.5, 0.6) is 0 Å². The van der Waals surface area contributed by atoms with E-state index in [0.717, 1.165) is 29.3 Å². The lowest BCUT2D eigenvalue weighted by atomic mass is 9.74. The number of hydrogen-bond donors (Lipinski definition) is 1. The number of aromatic nitrogens is 1. The zero-order chi connectivity index (χ0) is 14.4. The molecule has 0 bridgehead atoms. The molecule has 0 aromatic carbocycles. The number of rotatable bonds is 6. The topological polar surface area (TPSA) is 24.9 Å². The Labute approximate surface area is 131 Å². The minimum atomic E-state index is 0.687. The van der Waals surface area contributed by atoms with E-state index in [9.17, 15) is 0 Å². The van der Waals surface area contributed by atoms with Crippen LogP contribution in [0.4, 0.5) is 0 Å². The molecule has 1 heterocycles. The third kappa shape index (κ3) is 4.56. The standard InChI is InChI=1S/C17H27BrN2/c1-3-5-13-6-7-17(20-4-2)15(8-13)9-14-10-16(18)12-19-11-14/h10-13,15,17,20H,3-9H2,1-2H3. The average Bonchev–Trinajstić information content (AvgIpc) is 2.42. The number of halogens is 1. The van der Waals surface area contributed by atoms with Crippen molar-refractivity contribution in [2.75, 3.05) is 6.54 Å². The van der Waals surface area contributed by atoms with Crippen LogP contribution < -0.4 is 5.32 Å². The molecule has 1 aromatic heterocycles. The fraction of sp³-hybridized carbons (Fsp3) is 0.706. The minimum absolute atomic E-state index is 0.687. The van der Waals surface area contributed by atoms with Gasteiger partial charge in [0.25, 0.3) is 0 Å². The van der Waals surface area contributed by atoms with E-state index in [-0.39, 0.29) is 0 Å². The molecule has 1 aliphatic rings. The average molecular weight is 339 g/mol. The summed E-state index contributed by atoms with van der Waals surface area (Å²) in [5, 5.41) is 3.70. The molecular formula is C17H27BrN2. The van der Waals surface area contributed by atoms with Crippen molar-refractivity contribution in [1.82, 2.24) is 10.3 Å². The Balaban J connectivity index is 2.02. The minimum Gasteiger partial charge on any atom is -0.314 e. The molecule has 3 heteroatoms. The molecule has 1 aromatic rings. The predicted octanol–water partition coefficient (Wildman–Crippen LogP) is 4.58. The van der Waals surface area contributed by atoms with Gasteiger partial charge < -0.3 is 5.32 Å². The van der Waals surface area contributed by atoms with E-state index in [1.165, 1.54) is 37.7 Å². The van der Waals surface area contributed by atoms with Crippen LogP contribution in [-0.4, -0.2) is 17.6 Å². The molecule has 20 heavy (non-hydrogen) atoms. The highest BCUT2D eigenvalue weighted by Gasteiger charge is 2.29. The first-order chi connectivity index (χ1) is 9.72. The predicted molar refractivity (Wildman–Crippen MR) is 88.8 cm³/mol. The molecule has 0 saturated heterocycles. The summed E-state index contributed by atoms with van der Waals surface area (Å²) < 4.78 is 1.09. The van der Waals surface area contributed by atoms with Gasteiger partial charge in [-0.05, 0) is 71.6 Å². The molecule has 112 valence electrons. The number of nitrogens with zero attached hydrogens (tertiary/aromatic N) is 1. The quantitative estimate of drug-likeness (QED) is 0.820. The van der Waals surface area contributed by atoms with Gasteiger partial charge in [-0.1, -0.05) is 26.7 Å². The Kier molecular flexibility index (Phi) is 6.50. The summed E-state index contributed by atoms with van der Waals surface area (Å²) in [6.45, 7) is 5.61. The lowest BCUT2D eigenvalue weighted by molar-refractivity contribution is 0.195. The van der Waals surface area contributed by atoms with Gasteiger partial charge >= 0.3 is 0 Å². The maximum atomic E-state index is 4.31. The molecule has 0 spiro atoms. The molecule has 3 atom stereocenters. The van der Waals surface area contributed by atoms with Crippen LogP contribution >= 0.6 is 15.9 Å². The SMILES string of the molecule is CCCC1CCC(NCC)C(Cc2cncc(Br)c2)C1. The number of pyridine rings is 1. The highest BCUT2D eigenvalue weighted by atomic mass is 79.9. The second kappa shape index (κ2) is 8.14. The normalized spacial score (nSPS) is 26.6. The van der Waals surface area contributed by atoms with Crippen LogP contribution in [0.2, 0.25) is 0 Å². The van der Waals surface area contributed by atoms with Crippen molar-refractivity contribution in [1.29, 1.82) is 0 Å². The molecule has 2 rings (SSSR count). The Hall–Kier alpha value is -0.410. The molecular weight excluding hydrogens is 312 g/mol. The van der Waals surface area contributed by atoms with E-state index in [1.54, 1.807) is 0 Å². The van der Waals surface area contributed by atoms with E-state index in [2.05, 4.69) is 46.1 Å². The van der Waals surface area contributed by atoms with E-state index in [4.69, 9.17) is 0 Å². The molecule has 0 amide bonds. The molecule has 0 radical (unpaired) electrons. The van der Waals surface area contributed by atoms with E-state index < -0.39 is 0 Å². The molecule has 1 fully saturated rings. The van der Waals surface area contributed by atoms with E-state index in [1.807, 2.05) is 12.4 Å². The number of nitrogens with one attached hydrogen (secondary N) is 1. The first-order valence-electron chi connectivity index (χ1n) is 8.05. The number of hydrogen-bond acceptors (Lipinski definition) is 2. The summed E-state index contributed by atoms with van der Waals surface area (Å²) in [7, 11) is 0. The zero-order valence-electron chi connectivity index (χ0n) is 12.7. The summed E-state index contributed by atoms with van der Waals surface area (Å²) in [4.78, 5) is 4.31. The zero-order valence-corrected chi connectivity index (χ0v) is 14.3. The highest BCUT2D eigenvalue weighted by Crippen LogP contribution is 2.34. The van der Waals surface area contributed by atoms with Gasteiger partial charge in [0, 0.05) is 22.9 Å². The van der Waals surface area contributed by atoms with Crippen LogP contribution in [0.1, 0.15) is 51.5 Å². The Morgan fingerprint density at radius 3 is 2.85 bits per heavy atom. The van der Waals surface area contributed by atoms with Crippen LogP contribution in [0, 0.1) is 11.8 Å². The first-order valence-corrected chi connectivity index (χ1v) is 8.85. The van der Waals surface area contributed by atoms with Crippen LogP contribution in [0.15, 0.2) is 22.9 Å². The largest absolute Gasteiger partial charge is 0.314 e. The monoisotopic (exact) mass is 338 g/mol. The summed E-state index contributed by atoms with van der Waals surface area (Å²) in [6, 6.07) is 2.91. The summed E-state index contributed by atoms with van der Waals surface area (Å²) >= 11 is 3.53. The van der Waals surface area contributed by atoms with Crippen molar-refractivity contribution in [2.45, 2.75) is 58.4 Å². The van der Waals surface area contributed by atoms with Crippen molar-refractivity contribution < 1.29 is 0 Å². The highest BCUT2D eigenvalue weighted by molar-refractivity contribution is 9.10. The summed E-state index contributed by atoms with van der Waals surface area (Å²) in [5.74, 6) is 1.69. The molecule has 1 aliphatic carbocycles. The van der Waals surface area contributed by atoms with Gasteiger partial charge in [-0.3, -0.25) is 4.98 Å². The van der Waals surface area contributed by atoms with Crippen molar-refractivity contribution in [3.63, 3.8) is 0 Å². The molecule has 0 aliphatic heterocycles. The van der Waals surface area contributed by atoms with Crippen molar-refractivity contribution in [3.05, 3.63) is 28.5 Å². The third-order valence-corrected chi connectivity index (χ3v) is 4.95. The fourth-order valence-corrected chi connectivity index (χ4v) is 4.07. The maximum Gasteiger partial charge on any atom is 0.0410 e. The third-order valence-electron chi connectivity index (χ3n) is 4.51.